The van der Waals surface area contributed by atoms with Gasteiger partial charge >= 0.3 is 0 Å². The van der Waals surface area contributed by atoms with Gasteiger partial charge in [0.15, 0.2) is 0 Å². The number of anilines is 3. The van der Waals surface area contributed by atoms with Crippen LogP contribution in [-0.2, 0) is 21.7 Å². The summed E-state index contributed by atoms with van der Waals surface area (Å²) in [6.45, 7) is 23.2. The summed E-state index contributed by atoms with van der Waals surface area (Å²) in [6, 6.07) is 43.4. The SMILES string of the molecule is CC(C)(C)c1cc(C(C)(C)C)c2c(c1)oc1cc(N(c3ccc4c(c3)C(C)(C)c3ccccc3-4)c3cccc4c3-c3ccccc3C4(C)C)ccc12. The van der Waals surface area contributed by atoms with Gasteiger partial charge in [-0.3, -0.25) is 0 Å². The Morgan fingerprint density at radius 2 is 1.10 bits per heavy atom. The second-order valence-corrected chi connectivity index (χ2v) is 18.3. The van der Waals surface area contributed by atoms with Crippen LogP contribution >= 0.6 is 0 Å². The third-order valence-electron chi connectivity index (χ3n) is 12.1. The highest BCUT2D eigenvalue weighted by molar-refractivity contribution is 6.09. The summed E-state index contributed by atoms with van der Waals surface area (Å²) >= 11 is 0. The van der Waals surface area contributed by atoms with Crippen LogP contribution in [0.25, 0.3) is 44.2 Å². The van der Waals surface area contributed by atoms with E-state index in [0.717, 1.165) is 22.5 Å². The van der Waals surface area contributed by atoms with Crippen molar-refractivity contribution in [3.8, 4) is 22.3 Å². The van der Waals surface area contributed by atoms with Gasteiger partial charge in [-0.05, 0) is 97.3 Å². The van der Waals surface area contributed by atoms with Gasteiger partial charge in [0, 0.05) is 44.6 Å². The minimum Gasteiger partial charge on any atom is -0.456 e. The van der Waals surface area contributed by atoms with Crippen molar-refractivity contribution in [2.24, 2.45) is 0 Å². The Balaban J connectivity index is 1.32. The van der Waals surface area contributed by atoms with Gasteiger partial charge in [0.1, 0.15) is 11.2 Å². The average Bonchev–Trinajstić information content (AvgIpc) is 3.67. The quantitative estimate of drug-likeness (QED) is 0.185. The summed E-state index contributed by atoms with van der Waals surface area (Å²) in [6.07, 6.45) is 0. The molecule has 7 aromatic rings. The second-order valence-electron chi connectivity index (χ2n) is 18.3. The predicted octanol–water partition coefficient (Wildman–Crippen LogP) is 14.3. The van der Waals surface area contributed by atoms with Gasteiger partial charge in [-0.1, -0.05) is 142 Å². The van der Waals surface area contributed by atoms with E-state index < -0.39 is 0 Å². The van der Waals surface area contributed by atoms with Crippen LogP contribution in [0.15, 0.2) is 120 Å². The van der Waals surface area contributed by atoms with Gasteiger partial charge < -0.3 is 9.32 Å². The molecule has 0 bridgehead atoms. The van der Waals surface area contributed by atoms with E-state index in [0.29, 0.717) is 0 Å². The Labute approximate surface area is 309 Å². The first-order chi connectivity index (χ1) is 24.6. The van der Waals surface area contributed by atoms with Crippen LogP contribution < -0.4 is 4.90 Å². The lowest BCUT2D eigenvalue weighted by Gasteiger charge is -2.30. The zero-order chi connectivity index (χ0) is 36.5. The van der Waals surface area contributed by atoms with E-state index in [1.165, 1.54) is 72.1 Å². The first-order valence-corrected chi connectivity index (χ1v) is 18.9. The van der Waals surface area contributed by atoms with Gasteiger partial charge in [0.2, 0.25) is 0 Å². The molecule has 260 valence electrons. The third kappa shape index (κ3) is 4.62. The van der Waals surface area contributed by atoms with Gasteiger partial charge in [0.25, 0.3) is 0 Å². The Hall–Kier alpha value is -5.08. The fourth-order valence-corrected chi connectivity index (χ4v) is 9.24. The lowest BCUT2D eigenvalue weighted by atomic mass is 9.79. The van der Waals surface area contributed by atoms with Gasteiger partial charge in [-0.2, -0.15) is 0 Å². The summed E-state index contributed by atoms with van der Waals surface area (Å²) in [4.78, 5) is 2.48. The zero-order valence-electron chi connectivity index (χ0n) is 32.3. The van der Waals surface area contributed by atoms with E-state index in [1.807, 2.05) is 0 Å². The third-order valence-corrected chi connectivity index (χ3v) is 12.1. The summed E-state index contributed by atoms with van der Waals surface area (Å²) in [7, 11) is 0. The highest BCUT2D eigenvalue weighted by Crippen LogP contribution is 2.56. The number of rotatable bonds is 3. The molecule has 52 heavy (non-hydrogen) atoms. The van der Waals surface area contributed by atoms with Gasteiger partial charge in [-0.15, -0.1) is 0 Å². The molecule has 2 nitrogen and oxygen atoms in total. The van der Waals surface area contributed by atoms with E-state index in [2.05, 4.69) is 189 Å². The molecule has 0 amide bonds. The molecule has 2 heteroatoms. The molecular weight excluding hydrogens is 631 g/mol. The molecule has 6 aromatic carbocycles. The Bertz CT molecular complexity index is 2600. The van der Waals surface area contributed by atoms with E-state index >= 15 is 0 Å². The summed E-state index contributed by atoms with van der Waals surface area (Å²) in [5, 5.41) is 2.39. The number of hydrogen-bond donors (Lipinski definition) is 0. The molecule has 0 aliphatic heterocycles. The Morgan fingerprint density at radius 1 is 0.500 bits per heavy atom. The number of hydrogen-bond acceptors (Lipinski definition) is 2. The molecule has 9 rings (SSSR count). The largest absolute Gasteiger partial charge is 0.456 e. The first-order valence-electron chi connectivity index (χ1n) is 18.9. The van der Waals surface area contributed by atoms with E-state index in [9.17, 15) is 0 Å². The number of fused-ring (bicyclic) bond motifs is 9. The molecule has 1 heterocycles. The van der Waals surface area contributed by atoms with Crippen LogP contribution in [0.1, 0.15) is 103 Å². The Morgan fingerprint density at radius 3 is 1.81 bits per heavy atom. The van der Waals surface area contributed by atoms with Crippen LogP contribution in [-0.4, -0.2) is 0 Å². The molecule has 2 aliphatic carbocycles. The molecule has 2 aliphatic rings. The standard InChI is InChI=1S/C50H49NO/c1-47(2,3)30-26-41(48(4,5)6)46-36-25-23-32(29-43(36)52-44(46)27-30)51(31-22-24-34-33-16-11-13-18-37(33)50(9,10)40(34)28-31)42-21-15-20-39-45(42)35-17-12-14-19-38(35)49(39,7)8/h11-29H,1-10H3. The number of furan rings is 1. The molecule has 0 fully saturated rings. The van der Waals surface area contributed by atoms with Gasteiger partial charge in [0.05, 0.1) is 5.69 Å². The van der Waals surface area contributed by atoms with E-state index in [-0.39, 0.29) is 21.7 Å². The summed E-state index contributed by atoms with van der Waals surface area (Å²) in [5.41, 5.74) is 18.4. The van der Waals surface area contributed by atoms with Crippen molar-refractivity contribution in [3.05, 3.63) is 149 Å². The van der Waals surface area contributed by atoms with E-state index in [1.54, 1.807) is 0 Å². The first kappa shape index (κ1) is 32.8. The minimum atomic E-state index is -0.113. The molecule has 0 spiro atoms. The van der Waals surface area contributed by atoms with Crippen LogP contribution in [0.5, 0.6) is 0 Å². The molecule has 0 saturated carbocycles. The van der Waals surface area contributed by atoms with Crippen LogP contribution in [0, 0.1) is 0 Å². The molecule has 0 radical (unpaired) electrons. The maximum atomic E-state index is 6.89. The monoisotopic (exact) mass is 679 g/mol. The highest BCUT2D eigenvalue weighted by Gasteiger charge is 2.39. The number of benzene rings is 6. The lowest BCUT2D eigenvalue weighted by Crippen LogP contribution is -2.17. The zero-order valence-corrected chi connectivity index (χ0v) is 32.3. The molecule has 0 unspecified atom stereocenters. The highest BCUT2D eigenvalue weighted by atomic mass is 16.3. The maximum absolute atomic E-state index is 6.89. The van der Waals surface area contributed by atoms with Crippen molar-refractivity contribution in [2.45, 2.75) is 90.9 Å². The van der Waals surface area contributed by atoms with Crippen molar-refractivity contribution < 1.29 is 4.42 Å². The molecule has 0 atom stereocenters. The average molecular weight is 680 g/mol. The molecule has 1 aromatic heterocycles. The summed E-state index contributed by atoms with van der Waals surface area (Å²) < 4.78 is 6.89. The topological polar surface area (TPSA) is 16.4 Å². The van der Waals surface area contributed by atoms with Crippen LogP contribution in [0.2, 0.25) is 0 Å². The van der Waals surface area contributed by atoms with Crippen molar-refractivity contribution in [1.29, 1.82) is 0 Å². The lowest BCUT2D eigenvalue weighted by molar-refractivity contribution is 0.569. The maximum Gasteiger partial charge on any atom is 0.137 e. The molecular formula is C50H49NO. The minimum absolute atomic E-state index is 0.00782. The fourth-order valence-electron chi connectivity index (χ4n) is 9.24. The summed E-state index contributed by atoms with van der Waals surface area (Å²) in [5.74, 6) is 0. The van der Waals surface area contributed by atoms with E-state index in [4.69, 9.17) is 4.42 Å². The van der Waals surface area contributed by atoms with Crippen molar-refractivity contribution in [1.82, 2.24) is 0 Å². The van der Waals surface area contributed by atoms with Crippen LogP contribution in [0.3, 0.4) is 0 Å². The molecule has 0 N–H and O–H groups in total. The van der Waals surface area contributed by atoms with Crippen molar-refractivity contribution >= 4 is 39.0 Å². The predicted molar refractivity (Wildman–Crippen MR) is 221 cm³/mol. The van der Waals surface area contributed by atoms with Crippen LogP contribution in [0.4, 0.5) is 17.1 Å². The molecule has 0 saturated heterocycles. The second kappa shape index (κ2) is 10.7. The Kier molecular flexibility index (Phi) is 6.77. The fraction of sp³-hybridized carbons (Fsp3) is 0.280. The normalized spacial score (nSPS) is 15.4. The van der Waals surface area contributed by atoms with Crippen molar-refractivity contribution in [2.75, 3.05) is 4.90 Å². The van der Waals surface area contributed by atoms with Gasteiger partial charge in [-0.25, -0.2) is 0 Å². The smallest absolute Gasteiger partial charge is 0.137 e. The number of nitrogens with zero attached hydrogens (tertiary/aromatic N) is 1. The van der Waals surface area contributed by atoms with Crippen molar-refractivity contribution in [3.63, 3.8) is 0 Å².